The quantitative estimate of drug-likeness (QED) is 0.433. The molecule has 0 saturated carbocycles. The number of hydrogen-bond donors (Lipinski definition) is 1. The summed E-state index contributed by atoms with van der Waals surface area (Å²) >= 11 is 13.9. The topological polar surface area (TPSA) is 55.1 Å². The van der Waals surface area contributed by atoms with Crippen LogP contribution < -0.4 is 0 Å². The lowest BCUT2D eigenvalue weighted by atomic mass is 10.2. The highest BCUT2D eigenvalue weighted by atomic mass is 35.5. The molecular formula is C18H16Cl2N2O2S. The Hall–Kier alpha value is -1.69. The molecule has 0 atom stereocenters. The molecule has 1 N–H and O–H groups in total. The summed E-state index contributed by atoms with van der Waals surface area (Å²) in [5.41, 5.74) is 2.89. The number of carboxylic acid groups (broad SMARTS) is 1. The van der Waals surface area contributed by atoms with E-state index in [2.05, 4.69) is 9.55 Å². The molecule has 0 aliphatic carbocycles. The molecule has 0 aliphatic heterocycles. The molecule has 0 bridgehead atoms. The van der Waals surface area contributed by atoms with E-state index in [4.69, 9.17) is 28.3 Å². The average Bonchev–Trinajstić information content (AvgIpc) is 2.92. The smallest absolute Gasteiger partial charge is 0.303 e. The molecule has 0 spiro atoms. The summed E-state index contributed by atoms with van der Waals surface area (Å²) in [5, 5.41) is 10.9. The summed E-state index contributed by atoms with van der Waals surface area (Å²) in [6.07, 6.45) is 0.765. The number of hydrogen-bond acceptors (Lipinski definition) is 3. The summed E-state index contributed by atoms with van der Waals surface area (Å²) in [6.45, 7) is 0.581. The van der Waals surface area contributed by atoms with Gasteiger partial charge in [0.2, 0.25) is 0 Å². The van der Waals surface area contributed by atoms with E-state index in [1.165, 1.54) is 0 Å². The Morgan fingerprint density at radius 2 is 2.00 bits per heavy atom. The Labute approximate surface area is 159 Å². The van der Waals surface area contributed by atoms with E-state index in [0.29, 0.717) is 28.8 Å². The first-order chi connectivity index (χ1) is 12.0. The molecule has 7 heteroatoms. The molecule has 0 amide bonds. The molecule has 25 heavy (non-hydrogen) atoms. The number of carbonyl (C=O) groups is 1. The number of nitrogens with zero attached hydrogens (tertiary/aromatic N) is 2. The van der Waals surface area contributed by atoms with Crippen LogP contribution in [0.15, 0.2) is 47.6 Å². The van der Waals surface area contributed by atoms with Gasteiger partial charge in [0, 0.05) is 22.2 Å². The average molecular weight is 395 g/mol. The van der Waals surface area contributed by atoms with Crippen LogP contribution in [0.3, 0.4) is 0 Å². The highest BCUT2D eigenvalue weighted by molar-refractivity contribution is 7.99. The van der Waals surface area contributed by atoms with Crippen molar-refractivity contribution in [2.24, 2.45) is 0 Å². The third-order valence-electron chi connectivity index (χ3n) is 3.73. The fourth-order valence-electron chi connectivity index (χ4n) is 2.52. The number of thioether (sulfide) groups is 1. The minimum absolute atomic E-state index is 0.163. The fourth-order valence-corrected chi connectivity index (χ4v) is 3.94. The Morgan fingerprint density at radius 1 is 1.20 bits per heavy atom. The Morgan fingerprint density at radius 3 is 2.76 bits per heavy atom. The van der Waals surface area contributed by atoms with E-state index in [0.717, 1.165) is 21.8 Å². The van der Waals surface area contributed by atoms with Gasteiger partial charge >= 0.3 is 5.97 Å². The molecule has 4 nitrogen and oxygen atoms in total. The van der Waals surface area contributed by atoms with Crippen LogP contribution in [0.5, 0.6) is 0 Å². The summed E-state index contributed by atoms with van der Waals surface area (Å²) < 4.78 is 2.11. The SMILES string of the molecule is O=C(O)CCCSc1nc2ccccc2n1Cc1ccc(Cl)cc1Cl. The number of aromatic nitrogens is 2. The Kier molecular flexibility index (Phi) is 5.89. The minimum atomic E-state index is -0.776. The first-order valence-corrected chi connectivity index (χ1v) is 9.52. The second kappa shape index (κ2) is 8.13. The predicted molar refractivity (Wildman–Crippen MR) is 103 cm³/mol. The number of halogens is 2. The zero-order chi connectivity index (χ0) is 17.8. The number of imidazole rings is 1. The lowest BCUT2D eigenvalue weighted by molar-refractivity contribution is -0.137. The second-order valence-electron chi connectivity index (χ2n) is 5.55. The van der Waals surface area contributed by atoms with Crippen molar-refractivity contribution in [1.29, 1.82) is 0 Å². The summed E-state index contributed by atoms with van der Waals surface area (Å²) in [7, 11) is 0. The number of aliphatic carboxylic acids is 1. The van der Waals surface area contributed by atoms with Crippen molar-refractivity contribution in [3.05, 3.63) is 58.1 Å². The van der Waals surface area contributed by atoms with Crippen molar-refractivity contribution in [3.63, 3.8) is 0 Å². The van der Waals surface area contributed by atoms with Crippen LogP contribution in [-0.4, -0.2) is 26.4 Å². The lowest BCUT2D eigenvalue weighted by Crippen LogP contribution is -2.03. The molecule has 0 saturated heterocycles. The van der Waals surface area contributed by atoms with Crippen molar-refractivity contribution in [1.82, 2.24) is 9.55 Å². The molecule has 0 aliphatic rings. The summed E-state index contributed by atoms with van der Waals surface area (Å²) in [6, 6.07) is 13.4. The summed E-state index contributed by atoms with van der Waals surface area (Å²) in [4.78, 5) is 15.4. The van der Waals surface area contributed by atoms with Gasteiger partial charge < -0.3 is 9.67 Å². The highest BCUT2D eigenvalue weighted by Crippen LogP contribution is 2.28. The van der Waals surface area contributed by atoms with Crippen molar-refractivity contribution in [2.75, 3.05) is 5.75 Å². The highest BCUT2D eigenvalue weighted by Gasteiger charge is 2.13. The molecule has 2 aromatic carbocycles. The maximum atomic E-state index is 10.7. The van der Waals surface area contributed by atoms with Gasteiger partial charge in [0.05, 0.1) is 17.6 Å². The predicted octanol–water partition coefficient (Wildman–Crippen LogP) is 5.35. The van der Waals surface area contributed by atoms with Gasteiger partial charge in [-0.25, -0.2) is 4.98 Å². The van der Waals surface area contributed by atoms with E-state index in [-0.39, 0.29) is 6.42 Å². The molecule has 1 heterocycles. The van der Waals surface area contributed by atoms with Crippen molar-refractivity contribution in [3.8, 4) is 0 Å². The maximum absolute atomic E-state index is 10.7. The molecule has 1 aromatic heterocycles. The molecule has 3 aromatic rings. The van der Waals surface area contributed by atoms with Gasteiger partial charge in [0.25, 0.3) is 0 Å². The Balaban J connectivity index is 1.88. The van der Waals surface area contributed by atoms with Crippen LogP contribution in [0.4, 0.5) is 0 Å². The van der Waals surface area contributed by atoms with Crippen LogP contribution in [-0.2, 0) is 11.3 Å². The number of benzene rings is 2. The van der Waals surface area contributed by atoms with E-state index in [1.54, 1.807) is 17.8 Å². The monoisotopic (exact) mass is 394 g/mol. The third kappa shape index (κ3) is 4.48. The van der Waals surface area contributed by atoms with E-state index >= 15 is 0 Å². The van der Waals surface area contributed by atoms with Crippen molar-refractivity contribution >= 4 is 52.0 Å². The van der Waals surface area contributed by atoms with Crippen LogP contribution in [0.1, 0.15) is 18.4 Å². The lowest BCUT2D eigenvalue weighted by Gasteiger charge is -2.10. The molecule has 0 radical (unpaired) electrons. The molecule has 0 unspecified atom stereocenters. The minimum Gasteiger partial charge on any atom is -0.481 e. The van der Waals surface area contributed by atoms with E-state index < -0.39 is 5.97 Å². The van der Waals surface area contributed by atoms with Gasteiger partial charge in [0.15, 0.2) is 5.16 Å². The van der Waals surface area contributed by atoms with Gasteiger partial charge in [-0.2, -0.15) is 0 Å². The Bertz CT molecular complexity index is 911. The number of rotatable bonds is 7. The first kappa shape index (κ1) is 18.1. The molecule has 3 rings (SSSR count). The maximum Gasteiger partial charge on any atom is 0.303 e. The van der Waals surface area contributed by atoms with Crippen LogP contribution >= 0.6 is 35.0 Å². The zero-order valence-electron chi connectivity index (χ0n) is 13.3. The number of para-hydroxylation sites is 2. The molecule has 130 valence electrons. The molecular weight excluding hydrogens is 379 g/mol. The summed E-state index contributed by atoms with van der Waals surface area (Å²) in [5.74, 6) is -0.0775. The van der Waals surface area contributed by atoms with Crippen LogP contribution in [0.25, 0.3) is 11.0 Å². The first-order valence-electron chi connectivity index (χ1n) is 7.78. The molecule has 0 fully saturated rings. The van der Waals surface area contributed by atoms with Crippen LogP contribution in [0, 0.1) is 0 Å². The zero-order valence-corrected chi connectivity index (χ0v) is 15.6. The van der Waals surface area contributed by atoms with Gasteiger partial charge in [0.1, 0.15) is 0 Å². The van der Waals surface area contributed by atoms with E-state index in [9.17, 15) is 4.79 Å². The van der Waals surface area contributed by atoms with Crippen molar-refractivity contribution < 1.29 is 9.90 Å². The normalized spacial score (nSPS) is 11.1. The van der Waals surface area contributed by atoms with Gasteiger partial charge in [-0.05, 0) is 36.2 Å². The number of carboxylic acids is 1. The van der Waals surface area contributed by atoms with Gasteiger partial charge in [-0.15, -0.1) is 0 Å². The second-order valence-corrected chi connectivity index (χ2v) is 7.46. The number of fused-ring (bicyclic) bond motifs is 1. The third-order valence-corrected chi connectivity index (χ3v) is 5.38. The standard InChI is InChI=1S/C18H16Cl2N2O2S/c19-13-8-7-12(14(20)10-13)11-22-16-5-2-1-4-15(16)21-18(22)25-9-3-6-17(23)24/h1-2,4-5,7-8,10H,3,6,9,11H2,(H,23,24). The van der Waals surface area contributed by atoms with Crippen LogP contribution in [0.2, 0.25) is 10.0 Å². The van der Waals surface area contributed by atoms with Gasteiger partial charge in [-0.3, -0.25) is 4.79 Å². The van der Waals surface area contributed by atoms with E-state index in [1.807, 2.05) is 36.4 Å². The van der Waals surface area contributed by atoms with Crippen molar-refractivity contribution in [2.45, 2.75) is 24.5 Å². The largest absolute Gasteiger partial charge is 0.481 e. The fraction of sp³-hybridized carbons (Fsp3) is 0.222. The van der Waals surface area contributed by atoms with Gasteiger partial charge in [-0.1, -0.05) is 53.2 Å².